The van der Waals surface area contributed by atoms with Gasteiger partial charge in [-0.05, 0) is 31.5 Å². The first-order valence-corrected chi connectivity index (χ1v) is 6.96. The fourth-order valence-electron chi connectivity index (χ4n) is 1.90. The third-order valence-electron chi connectivity index (χ3n) is 2.96. The molecule has 0 radical (unpaired) electrons. The molecule has 0 unspecified atom stereocenters. The van der Waals surface area contributed by atoms with E-state index in [0.29, 0.717) is 6.61 Å². The summed E-state index contributed by atoms with van der Waals surface area (Å²) >= 11 is 0. The Balaban J connectivity index is 2.28. The molecule has 0 aromatic heterocycles. The fraction of sp³-hybridized carbons (Fsp3) is 0.167. The van der Waals surface area contributed by atoms with Crippen LogP contribution in [0.2, 0.25) is 0 Å². The lowest BCUT2D eigenvalue weighted by atomic mass is 10.1. The highest BCUT2D eigenvalue weighted by atomic mass is 16.5. The van der Waals surface area contributed by atoms with Crippen molar-refractivity contribution in [2.45, 2.75) is 13.8 Å². The van der Waals surface area contributed by atoms with Gasteiger partial charge in [0.05, 0.1) is 12.3 Å². The molecule has 108 valence electrons. The minimum absolute atomic E-state index is 0.351. The maximum Gasteiger partial charge on any atom is 0.332 e. The molecule has 2 aromatic rings. The maximum atomic E-state index is 11.7. The number of nitrogens with one attached hydrogen (secondary N) is 1. The first kappa shape index (κ1) is 14.9. The minimum atomic E-state index is -0.351. The second kappa shape index (κ2) is 7.29. The molecule has 3 heteroatoms. The summed E-state index contributed by atoms with van der Waals surface area (Å²) < 4.78 is 5.00. The summed E-state index contributed by atoms with van der Waals surface area (Å²) in [7, 11) is 0. The number of carbonyl (C=O) groups is 1. The van der Waals surface area contributed by atoms with E-state index in [0.717, 1.165) is 16.9 Å². The zero-order valence-electron chi connectivity index (χ0n) is 12.3. The Bertz CT molecular complexity index is 615. The van der Waals surface area contributed by atoms with Crippen LogP contribution in [0.4, 0.5) is 5.69 Å². The van der Waals surface area contributed by atoms with Crippen LogP contribution < -0.4 is 5.32 Å². The molecule has 0 atom stereocenters. The normalized spacial score (nSPS) is 11.0. The third-order valence-corrected chi connectivity index (χ3v) is 2.96. The molecular formula is C18H19NO2. The van der Waals surface area contributed by atoms with Crippen LogP contribution in [0.5, 0.6) is 0 Å². The van der Waals surface area contributed by atoms with Crippen molar-refractivity contribution in [1.82, 2.24) is 0 Å². The predicted molar refractivity (Wildman–Crippen MR) is 85.9 cm³/mol. The van der Waals surface area contributed by atoms with E-state index in [1.807, 2.05) is 61.5 Å². The van der Waals surface area contributed by atoms with E-state index in [1.54, 1.807) is 6.92 Å². The van der Waals surface area contributed by atoms with Crippen LogP contribution in [0.3, 0.4) is 0 Å². The SMILES string of the molecule is CCOC(=O)/C=C(\Nc1ccc(C)cc1)c1ccccc1. The standard InChI is InChI=1S/C18H19NO2/c1-3-21-18(20)13-17(15-7-5-4-6-8-15)19-16-11-9-14(2)10-12-16/h4-13,19H,3H2,1-2H3/b17-13-. The first-order chi connectivity index (χ1) is 10.2. The molecule has 0 saturated heterocycles. The van der Waals surface area contributed by atoms with Gasteiger partial charge in [-0.3, -0.25) is 0 Å². The molecule has 1 N–H and O–H groups in total. The number of hydrogen-bond donors (Lipinski definition) is 1. The van der Waals surface area contributed by atoms with Crippen LogP contribution >= 0.6 is 0 Å². The molecular weight excluding hydrogens is 262 g/mol. The third kappa shape index (κ3) is 4.49. The predicted octanol–water partition coefficient (Wildman–Crippen LogP) is 4.01. The lowest BCUT2D eigenvalue weighted by Gasteiger charge is -2.11. The summed E-state index contributed by atoms with van der Waals surface area (Å²) in [6.45, 7) is 4.19. The van der Waals surface area contributed by atoms with E-state index in [9.17, 15) is 4.79 Å². The number of hydrogen-bond acceptors (Lipinski definition) is 3. The van der Waals surface area contributed by atoms with Gasteiger partial charge in [0, 0.05) is 11.8 Å². The maximum absolute atomic E-state index is 11.7. The molecule has 0 heterocycles. The van der Waals surface area contributed by atoms with Crippen molar-refractivity contribution in [3.05, 3.63) is 71.8 Å². The van der Waals surface area contributed by atoms with Crippen molar-refractivity contribution in [3.63, 3.8) is 0 Å². The number of rotatable bonds is 5. The molecule has 0 spiro atoms. The number of anilines is 1. The van der Waals surface area contributed by atoms with Gasteiger partial charge in [0.2, 0.25) is 0 Å². The van der Waals surface area contributed by atoms with Crippen LogP contribution in [0.25, 0.3) is 5.70 Å². The Hall–Kier alpha value is -2.55. The van der Waals surface area contributed by atoms with Crippen molar-refractivity contribution in [1.29, 1.82) is 0 Å². The summed E-state index contributed by atoms with van der Waals surface area (Å²) in [6, 6.07) is 17.7. The van der Waals surface area contributed by atoms with Crippen LogP contribution in [0, 0.1) is 6.92 Å². The molecule has 2 aromatic carbocycles. The average Bonchev–Trinajstić information content (AvgIpc) is 2.50. The minimum Gasteiger partial charge on any atom is -0.463 e. The average molecular weight is 281 g/mol. The van der Waals surface area contributed by atoms with E-state index in [4.69, 9.17) is 4.74 Å². The lowest BCUT2D eigenvalue weighted by Crippen LogP contribution is -2.05. The van der Waals surface area contributed by atoms with Gasteiger partial charge >= 0.3 is 5.97 Å². The molecule has 0 saturated carbocycles. The van der Waals surface area contributed by atoms with E-state index in [2.05, 4.69) is 5.32 Å². The Morgan fingerprint density at radius 2 is 1.76 bits per heavy atom. The highest BCUT2D eigenvalue weighted by Gasteiger charge is 2.06. The van der Waals surface area contributed by atoms with Gasteiger partial charge in [-0.1, -0.05) is 48.0 Å². The Kier molecular flexibility index (Phi) is 5.16. The molecule has 0 bridgehead atoms. The van der Waals surface area contributed by atoms with Crippen molar-refractivity contribution in [2.75, 3.05) is 11.9 Å². The van der Waals surface area contributed by atoms with Crippen LogP contribution in [-0.4, -0.2) is 12.6 Å². The molecule has 0 aliphatic heterocycles. The summed E-state index contributed by atoms with van der Waals surface area (Å²) in [5.41, 5.74) is 3.78. The van der Waals surface area contributed by atoms with Crippen LogP contribution in [0.15, 0.2) is 60.7 Å². The highest BCUT2D eigenvalue weighted by molar-refractivity contribution is 5.94. The van der Waals surface area contributed by atoms with E-state index in [-0.39, 0.29) is 5.97 Å². The van der Waals surface area contributed by atoms with Gasteiger partial charge < -0.3 is 10.1 Å². The number of carbonyl (C=O) groups excluding carboxylic acids is 1. The highest BCUT2D eigenvalue weighted by Crippen LogP contribution is 2.19. The molecule has 0 fully saturated rings. The van der Waals surface area contributed by atoms with Gasteiger partial charge in [-0.2, -0.15) is 0 Å². The van der Waals surface area contributed by atoms with E-state index >= 15 is 0 Å². The van der Waals surface area contributed by atoms with Gasteiger partial charge in [-0.25, -0.2) is 4.79 Å². The van der Waals surface area contributed by atoms with E-state index < -0.39 is 0 Å². The number of aryl methyl sites for hydroxylation is 1. The molecule has 0 aliphatic carbocycles. The summed E-state index contributed by atoms with van der Waals surface area (Å²) in [4.78, 5) is 11.7. The topological polar surface area (TPSA) is 38.3 Å². The second-order valence-electron chi connectivity index (χ2n) is 4.67. The summed E-state index contributed by atoms with van der Waals surface area (Å²) in [5.74, 6) is -0.351. The van der Waals surface area contributed by atoms with Gasteiger partial charge in [0.25, 0.3) is 0 Å². The van der Waals surface area contributed by atoms with Crippen LogP contribution in [-0.2, 0) is 9.53 Å². The van der Waals surface area contributed by atoms with Crippen molar-refractivity contribution in [3.8, 4) is 0 Å². The quantitative estimate of drug-likeness (QED) is 0.664. The monoisotopic (exact) mass is 281 g/mol. The Labute approximate surface area is 125 Å². The van der Waals surface area contributed by atoms with Crippen molar-refractivity contribution in [2.24, 2.45) is 0 Å². The molecule has 3 nitrogen and oxygen atoms in total. The summed E-state index contributed by atoms with van der Waals surface area (Å²) in [5, 5.41) is 3.27. The number of benzene rings is 2. The van der Waals surface area contributed by atoms with Gasteiger partial charge in [0.15, 0.2) is 0 Å². The lowest BCUT2D eigenvalue weighted by molar-refractivity contribution is -0.137. The zero-order chi connectivity index (χ0) is 15.1. The first-order valence-electron chi connectivity index (χ1n) is 6.96. The Morgan fingerprint density at radius 1 is 1.10 bits per heavy atom. The number of ether oxygens (including phenoxy) is 1. The largest absolute Gasteiger partial charge is 0.463 e. The Morgan fingerprint density at radius 3 is 2.38 bits per heavy atom. The zero-order valence-corrected chi connectivity index (χ0v) is 12.3. The fourth-order valence-corrected chi connectivity index (χ4v) is 1.90. The summed E-state index contributed by atoms with van der Waals surface area (Å²) in [6.07, 6.45) is 1.48. The molecule has 2 rings (SSSR count). The second-order valence-corrected chi connectivity index (χ2v) is 4.67. The van der Waals surface area contributed by atoms with Gasteiger partial charge in [-0.15, -0.1) is 0 Å². The van der Waals surface area contributed by atoms with Crippen molar-refractivity contribution < 1.29 is 9.53 Å². The van der Waals surface area contributed by atoms with Crippen LogP contribution in [0.1, 0.15) is 18.1 Å². The number of esters is 1. The molecule has 0 amide bonds. The van der Waals surface area contributed by atoms with Crippen molar-refractivity contribution >= 4 is 17.4 Å². The molecule has 0 aliphatic rings. The van der Waals surface area contributed by atoms with E-state index in [1.165, 1.54) is 11.6 Å². The smallest absolute Gasteiger partial charge is 0.332 e. The molecule has 21 heavy (non-hydrogen) atoms. The van der Waals surface area contributed by atoms with Gasteiger partial charge in [0.1, 0.15) is 0 Å².